The molecule has 1 saturated heterocycles. The highest BCUT2D eigenvalue weighted by molar-refractivity contribution is 4.67. The topological polar surface area (TPSA) is 33.3 Å². The fourth-order valence-electron chi connectivity index (χ4n) is 1.55. The monoisotopic (exact) mass is 186 g/mol. The fourth-order valence-corrected chi connectivity index (χ4v) is 1.55. The van der Waals surface area contributed by atoms with Gasteiger partial charge in [-0.25, -0.2) is 0 Å². The van der Waals surface area contributed by atoms with Crippen LogP contribution in [0.15, 0.2) is 0 Å². The maximum Gasteiger partial charge on any atom is 0.0700 e. The average molecular weight is 186 g/mol. The molecule has 0 aromatic heterocycles. The second-order valence-corrected chi connectivity index (χ2v) is 3.59. The summed E-state index contributed by atoms with van der Waals surface area (Å²) in [5, 5.41) is 6.76. The Hall–Kier alpha value is -0.120. The zero-order valence-corrected chi connectivity index (χ0v) is 8.64. The van der Waals surface area contributed by atoms with Crippen LogP contribution in [-0.2, 0) is 4.74 Å². The molecule has 0 aromatic carbocycles. The highest BCUT2D eigenvalue weighted by Gasteiger charge is 2.13. The van der Waals surface area contributed by atoms with Crippen LogP contribution in [0.25, 0.3) is 0 Å². The van der Waals surface area contributed by atoms with Crippen LogP contribution in [0.1, 0.15) is 26.2 Å². The van der Waals surface area contributed by atoms with Crippen LogP contribution in [0.5, 0.6) is 0 Å². The second kappa shape index (κ2) is 7.30. The van der Waals surface area contributed by atoms with E-state index in [-0.39, 0.29) is 0 Å². The predicted octanol–water partition coefficient (Wildman–Crippen LogP) is 0.755. The minimum atomic E-state index is 0.478. The smallest absolute Gasteiger partial charge is 0.0700 e. The van der Waals surface area contributed by atoms with Gasteiger partial charge in [0, 0.05) is 26.2 Å². The summed E-state index contributed by atoms with van der Waals surface area (Å²) in [5.74, 6) is 0. The van der Waals surface area contributed by atoms with Gasteiger partial charge in [-0.1, -0.05) is 6.92 Å². The predicted molar refractivity (Wildman–Crippen MR) is 55.0 cm³/mol. The lowest BCUT2D eigenvalue weighted by atomic mass is 10.2. The lowest BCUT2D eigenvalue weighted by molar-refractivity contribution is 0.110. The first-order chi connectivity index (χ1) is 6.43. The summed E-state index contributed by atoms with van der Waals surface area (Å²) < 4.78 is 5.50. The standard InChI is InChI=1S/C10H22N2O/c1-2-5-11-6-7-12-9-10-4-3-8-13-10/h10-12H,2-9H2,1H3. The SMILES string of the molecule is CCCNCCNCC1CCCO1. The number of ether oxygens (including phenoxy) is 1. The first-order valence-corrected chi connectivity index (χ1v) is 5.46. The van der Waals surface area contributed by atoms with Crippen molar-refractivity contribution in [3.8, 4) is 0 Å². The van der Waals surface area contributed by atoms with Gasteiger partial charge in [-0.15, -0.1) is 0 Å². The molecule has 0 saturated carbocycles. The zero-order valence-electron chi connectivity index (χ0n) is 8.64. The van der Waals surface area contributed by atoms with Gasteiger partial charge in [0.1, 0.15) is 0 Å². The van der Waals surface area contributed by atoms with Gasteiger partial charge in [0.2, 0.25) is 0 Å². The first kappa shape index (κ1) is 11.0. The van der Waals surface area contributed by atoms with Gasteiger partial charge in [-0.3, -0.25) is 0 Å². The van der Waals surface area contributed by atoms with Crippen molar-refractivity contribution < 1.29 is 4.74 Å². The maximum atomic E-state index is 5.50. The van der Waals surface area contributed by atoms with E-state index in [2.05, 4.69) is 17.6 Å². The van der Waals surface area contributed by atoms with E-state index in [1.54, 1.807) is 0 Å². The van der Waals surface area contributed by atoms with Gasteiger partial charge < -0.3 is 15.4 Å². The van der Waals surface area contributed by atoms with Crippen LogP contribution in [-0.4, -0.2) is 38.9 Å². The van der Waals surface area contributed by atoms with Crippen molar-refractivity contribution in [1.82, 2.24) is 10.6 Å². The molecule has 0 amide bonds. The summed E-state index contributed by atoms with van der Waals surface area (Å²) in [4.78, 5) is 0. The molecule has 2 N–H and O–H groups in total. The molecular weight excluding hydrogens is 164 g/mol. The van der Waals surface area contributed by atoms with Crippen molar-refractivity contribution in [1.29, 1.82) is 0 Å². The molecule has 1 fully saturated rings. The molecule has 1 aliphatic heterocycles. The van der Waals surface area contributed by atoms with E-state index < -0.39 is 0 Å². The van der Waals surface area contributed by atoms with Gasteiger partial charge in [0.15, 0.2) is 0 Å². The Labute approximate surface area is 81.2 Å². The lowest BCUT2D eigenvalue weighted by Crippen LogP contribution is -2.32. The highest BCUT2D eigenvalue weighted by Crippen LogP contribution is 2.10. The largest absolute Gasteiger partial charge is 0.377 e. The normalized spacial score (nSPS) is 22.4. The molecule has 78 valence electrons. The van der Waals surface area contributed by atoms with Crippen molar-refractivity contribution in [3.63, 3.8) is 0 Å². The molecule has 13 heavy (non-hydrogen) atoms. The van der Waals surface area contributed by atoms with Crippen molar-refractivity contribution in [2.45, 2.75) is 32.3 Å². The molecule has 1 aliphatic rings. The summed E-state index contributed by atoms with van der Waals surface area (Å²) in [6.07, 6.45) is 4.16. The molecule has 3 nitrogen and oxygen atoms in total. The summed E-state index contributed by atoms with van der Waals surface area (Å²) in [6, 6.07) is 0. The third-order valence-electron chi connectivity index (χ3n) is 2.30. The summed E-state index contributed by atoms with van der Waals surface area (Å²) in [5.41, 5.74) is 0. The Kier molecular flexibility index (Phi) is 6.15. The molecule has 3 heteroatoms. The fraction of sp³-hybridized carbons (Fsp3) is 1.00. The van der Waals surface area contributed by atoms with Gasteiger partial charge in [0.25, 0.3) is 0 Å². The quantitative estimate of drug-likeness (QED) is 0.576. The number of nitrogens with one attached hydrogen (secondary N) is 2. The van der Waals surface area contributed by atoms with Crippen molar-refractivity contribution in [2.75, 3.05) is 32.8 Å². The zero-order chi connectivity index (χ0) is 9.36. The van der Waals surface area contributed by atoms with E-state index >= 15 is 0 Å². The van der Waals surface area contributed by atoms with Crippen molar-refractivity contribution >= 4 is 0 Å². The Morgan fingerprint density at radius 3 is 2.77 bits per heavy atom. The Morgan fingerprint density at radius 1 is 1.23 bits per heavy atom. The molecule has 1 unspecified atom stereocenters. The van der Waals surface area contributed by atoms with Crippen LogP contribution >= 0.6 is 0 Å². The minimum Gasteiger partial charge on any atom is -0.377 e. The molecule has 0 aromatic rings. The lowest BCUT2D eigenvalue weighted by Gasteiger charge is -2.10. The van der Waals surface area contributed by atoms with E-state index in [0.717, 1.165) is 32.8 Å². The third kappa shape index (κ3) is 5.24. The number of hydrogen-bond donors (Lipinski definition) is 2. The third-order valence-corrected chi connectivity index (χ3v) is 2.30. The average Bonchev–Trinajstić information content (AvgIpc) is 2.63. The maximum absolute atomic E-state index is 5.50. The molecule has 1 atom stereocenters. The van der Waals surface area contributed by atoms with Crippen LogP contribution < -0.4 is 10.6 Å². The molecule has 0 bridgehead atoms. The van der Waals surface area contributed by atoms with E-state index in [1.165, 1.54) is 19.3 Å². The van der Waals surface area contributed by atoms with Crippen LogP contribution in [0, 0.1) is 0 Å². The number of hydrogen-bond acceptors (Lipinski definition) is 3. The summed E-state index contributed by atoms with van der Waals surface area (Å²) in [7, 11) is 0. The molecule has 0 spiro atoms. The Morgan fingerprint density at radius 2 is 2.08 bits per heavy atom. The van der Waals surface area contributed by atoms with Crippen LogP contribution in [0.4, 0.5) is 0 Å². The van der Waals surface area contributed by atoms with E-state index in [4.69, 9.17) is 4.74 Å². The van der Waals surface area contributed by atoms with Crippen molar-refractivity contribution in [3.05, 3.63) is 0 Å². The van der Waals surface area contributed by atoms with Gasteiger partial charge in [0.05, 0.1) is 6.10 Å². The minimum absolute atomic E-state index is 0.478. The van der Waals surface area contributed by atoms with E-state index in [9.17, 15) is 0 Å². The Bertz CT molecular complexity index is 113. The van der Waals surface area contributed by atoms with Gasteiger partial charge >= 0.3 is 0 Å². The van der Waals surface area contributed by atoms with Crippen molar-refractivity contribution in [2.24, 2.45) is 0 Å². The van der Waals surface area contributed by atoms with Crippen LogP contribution in [0.2, 0.25) is 0 Å². The molecule has 0 aliphatic carbocycles. The summed E-state index contributed by atoms with van der Waals surface area (Å²) in [6.45, 7) is 7.42. The van der Waals surface area contributed by atoms with Crippen LogP contribution in [0.3, 0.4) is 0 Å². The number of rotatable bonds is 7. The van der Waals surface area contributed by atoms with Gasteiger partial charge in [-0.2, -0.15) is 0 Å². The first-order valence-electron chi connectivity index (χ1n) is 5.46. The van der Waals surface area contributed by atoms with E-state index in [0.29, 0.717) is 6.10 Å². The molecular formula is C10H22N2O. The highest BCUT2D eigenvalue weighted by atomic mass is 16.5. The van der Waals surface area contributed by atoms with E-state index in [1.807, 2.05) is 0 Å². The summed E-state index contributed by atoms with van der Waals surface area (Å²) >= 11 is 0. The Balaban J connectivity index is 1.78. The molecule has 0 radical (unpaired) electrons. The molecule has 1 heterocycles. The van der Waals surface area contributed by atoms with Gasteiger partial charge in [-0.05, 0) is 25.8 Å². The molecule has 1 rings (SSSR count). The second-order valence-electron chi connectivity index (χ2n) is 3.59.